The standard InChI is InChI=1S/C11H9N5.ClHO4/c12-10-14-11-13-7-4-8-15(11)16(10)9-5-2-1-3-6-9;2-1(3,4)5/h1-8,12H;(H,2,3,4,5). The van der Waals surface area contributed by atoms with Crippen molar-refractivity contribution in [3.63, 3.8) is 0 Å². The highest BCUT2D eigenvalue weighted by molar-refractivity contribution is 5.38. The quantitative estimate of drug-likeness (QED) is 0.447. The van der Waals surface area contributed by atoms with E-state index in [0.717, 1.165) is 5.69 Å². The van der Waals surface area contributed by atoms with Crippen LogP contribution in [0.2, 0.25) is 0 Å². The molecule has 0 aliphatic rings. The van der Waals surface area contributed by atoms with Gasteiger partial charge in [0.25, 0.3) is 0 Å². The molecule has 3 rings (SSSR count). The molecule has 0 unspecified atom stereocenters. The minimum atomic E-state index is -4.94. The van der Waals surface area contributed by atoms with Crippen LogP contribution in [0.4, 0.5) is 5.95 Å². The summed E-state index contributed by atoms with van der Waals surface area (Å²) in [6.07, 6.45) is 3.57. The first-order chi connectivity index (χ1) is 9.86. The number of benzene rings is 1. The lowest BCUT2D eigenvalue weighted by atomic mass is 10.3. The molecule has 10 heteroatoms. The largest absolute Gasteiger partial charge is 0.459 e. The van der Waals surface area contributed by atoms with Crippen molar-refractivity contribution in [3.05, 3.63) is 48.8 Å². The first-order valence-corrected chi connectivity index (χ1v) is 6.78. The van der Waals surface area contributed by atoms with Crippen LogP contribution in [0.3, 0.4) is 0 Å². The van der Waals surface area contributed by atoms with Crippen LogP contribution >= 0.6 is 0 Å². The van der Waals surface area contributed by atoms with E-state index in [4.69, 9.17) is 24.4 Å². The van der Waals surface area contributed by atoms with Crippen LogP contribution in [-0.4, -0.2) is 14.6 Å². The molecule has 0 atom stereocenters. The van der Waals surface area contributed by atoms with Gasteiger partial charge >= 0.3 is 11.7 Å². The topological polar surface area (TPSA) is 153 Å². The van der Waals surface area contributed by atoms with E-state index in [1.165, 1.54) is 0 Å². The van der Waals surface area contributed by atoms with Gasteiger partial charge in [-0.25, -0.2) is 18.6 Å². The summed E-state index contributed by atoms with van der Waals surface area (Å²) >= 11 is 0. The summed E-state index contributed by atoms with van der Waals surface area (Å²) in [6.45, 7) is 0. The molecule has 0 amide bonds. The van der Waals surface area contributed by atoms with Crippen LogP contribution in [0.1, 0.15) is 0 Å². The van der Waals surface area contributed by atoms with Gasteiger partial charge in [0.1, 0.15) is 6.20 Å². The van der Waals surface area contributed by atoms with E-state index in [9.17, 15) is 0 Å². The Labute approximate surface area is 120 Å². The van der Waals surface area contributed by atoms with Crippen molar-refractivity contribution in [2.75, 3.05) is 5.73 Å². The minimum absolute atomic E-state index is 0.421. The second-order valence-corrected chi connectivity index (χ2v) is 4.52. The van der Waals surface area contributed by atoms with Crippen molar-refractivity contribution < 1.29 is 33.4 Å². The van der Waals surface area contributed by atoms with Crippen molar-refractivity contribution in [1.82, 2.24) is 14.6 Å². The predicted molar refractivity (Wildman–Crippen MR) is 58.9 cm³/mol. The zero-order valence-electron chi connectivity index (χ0n) is 10.5. The molecule has 2 N–H and O–H groups in total. The SMILES string of the molecule is Nc1nc2nccc[n+]2n1-c1ccccc1.[O-][Cl+3]([O-])([O-])[O-]. The lowest BCUT2D eigenvalue weighted by Gasteiger charge is -2.17. The Morgan fingerprint density at radius 1 is 1.05 bits per heavy atom. The maximum Gasteiger partial charge on any atom is 0.459 e. The number of halogens is 1. The average molecular weight is 312 g/mol. The van der Waals surface area contributed by atoms with Crippen molar-refractivity contribution in [3.8, 4) is 5.69 Å². The normalized spacial score (nSPS) is 11.0. The minimum Gasteiger partial charge on any atom is -0.353 e. The van der Waals surface area contributed by atoms with Crippen molar-refractivity contribution in [2.24, 2.45) is 0 Å². The average Bonchev–Trinajstić information content (AvgIpc) is 2.73. The Kier molecular flexibility index (Phi) is 4.31. The molecule has 0 bridgehead atoms. The fraction of sp³-hybridized carbons (Fsp3) is 0. The van der Waals surface area contributed by atoms with E-state index in [1.807, 2.05) is 51.8 Å². The van der Waals surface area contributed by atoms with E-state index in [1.54, 1.807) is 6.20 Å². The van der Waals surface area contributed by atoms with Gasteiger partial charge in [-0.15, -0.1) is 14.8 Å². The number of nitrogens with two attached hydrogens (primary N) is 1. The van der Waals surface area contributed by atoms with Crippen LogP contribution in [0.15, 0.2) is 48.8 Å². The zero-order chi connectivity index (χ0) is 15.5. The van der Waals surface area contributed by atoms with E-state index in [0.29, 0.717) is 11.7 Å². The molecule has 21 heavy (non-hydrogen) atoms. The number of nitrogen functional groups attached to an aromatic ring is 1. The number of rotatable bonds is 1. The molecule has 2 heterocycles. The molecule has 3 aromatic rings. The first kappa shape index (κ1) is 15.1. The van der Waals surface area contributed by atoms with Crippen molar-refractivity contribution in [2.45, 2.75) is 0 Å². The molecule has 0 saturated carbocycles. The van der Waals surface area contributed by atoms with Gasteiger partial charge in [-0.2, -0.15) is 4.68 Å². The number of hydrogen-bond acceptors (Lipinski definition) is 7. The molecule has 0 aliphatic carbocycles. The third kappa shape index (κ3) is 4.08. The Hall–Kier alpha value is -2.30. The van der Waals surface area contributed by atoms with Crippen molar-refractivity contribution >= 4 is 11.7 Å². The smallest absolute Gasteiger partial charge is 0.353 e. The predicted octanol–water partition coefficient (Wildman–Crippen LogP) is -4.17. The Morgan fingerprint density at radius 3 is 2.29 bits per heavy atom. The summed E-state index contributed by atoms with van der Waals surface area (Å²) in [5, 5.41) is 0. The highest BCUT2D eigenvalue weighted by Crippen LogP contribution is 2.08. The summed E-state index contributed by atoms with van der Waals surface area (Å²) in [5.41, 5.74) is 6.84. The number of aromatic nitrogens is 4. The van der Waals surface area contributed by atoms with Crippen LogP contribution in [0, 0.1) is 10.2 Å². The van der Waals surface area contributed by atoms with Gasteiger partial charge in [0.05, 0.1) is 11.9 Å². The van der Waals surface area contributed by atoms with Gasteiger partial charge in [0.15, 0.2) is 0 Å². The summed E-state index contributed by atoms with van der Waals surface area (Å²) in [4.78, 5) is 8.32. The molecule has 110 valence electrons. The summed E-state index contributed by atoms with van der Waals surface area (Å²) < 4.78 is 37.6. The maximum absolute atomic E-state index is 8.49. The third-order valence-corrected chi connectivity index (χ3v) is 2.36. The molecular weight excluding hydrogens is 302 g/mol. The lowest BCUT2D eigenvalue weighted by molar-refractivity contribution is -2.00. The fourth-order valence-corrected chi connectivity index (χ4v) is 1.68. The number of para-hydroxylation sites is 1. The molecule has 2 aromatic heterocycles. The second-order valence-electron chi connectivity index (χ2n) is 3.76. The van der Waals surface area contributed by atoms with Crippen LogP contribution < -0.4 is 28.9 Å². The molecule has 9 nitrogen and oxygen atoms in total. The summed E-state index contributed by atoms with van der Waals surface area (Å²) in [7, 11) is -4.94. The Balaban J connectivity index is 0.000000282. The Bertz CT molecular complexity index is 722. The highest BCUT2D eigenvalue weighted by Gasteiger charge is 2.16. The monoisotopic (exact) mass is 311 g/mol. The first-order valence-electron chi connectivity index (χ1n) is 5.54. The summed E-state index contributed by atoms with van der Waals surface area (Å²) in [6, 6.07) is 11.7. The highest BCUT2D eigenvalue weighted by atomic mass is 35.7. The maximum atomic E-state index is 8.49. The van der Waals surface area contributed by atoms with E-state index in [-0.39, 0.29) is 0 Å². The van der Waals surface area contributed by atoms with Crippen LogP contribution in [-0.2, 0) is 0 Å². The number of anilines is 1. The molecule has 0 fully saturated rings. The van der Waals surface area contributed by atoms with E-state index in [2.05, 4.69) is 9.97 Å². The van der Waals surface area contributed by atoms with Crippen LogP contribution in [0.25, 0.3) is 11.5 Å². The third-order valence-electron chi connectivity index (χ3n) is 2.36. The van der Waals surface area contributed by atoms with Gasteiger partial charge in [-0.1, -0.05) is 23.2 Å². The van der Waals surface area contributed by atoms with E-state index < -0.39 is 10.2 Å². The number of hydrogen-bond donors (Lipinski definition) is 1. The number of nitrogens with zero attached hydrogens (tertiary/aromatic N) is 4. The molecule has 0 radical (unpaired) electrons. The molecule has 0 spiro atoms. The van der Waals surface area contributed by atoms with Gasteiger partial charge in [0, 0.05) is 6.07 Å². The van der Waals surface area contributed by atoms with E-state index >= 15 is 0 Å². The van der Waals surface area contributed by atoms with Gasteiger partial charge in [0.2, 0.25) is 0 Å². The second kappa shape index (κ2) is 5.99. The van der Waals surface area contributed by atoms with Gasteiger partial charge in [-0.05, 0) is 17.1 Å². The zero-order valence-corrected chi connectivity index (χ0v) is 11.3. The summed E-state index contributed by atoms with van der Waals surface area (Å²) in [5.74, 6) is 1.01. The molecule has 0 saturated heterocycles. The molecular formula is C11H10ClN5O4. The fourth-order valence-electron chi connectivity index (χ4n) is 1.68. The van der Waals surface area contributed by atoms with Crippen LogP contribution in [0.5, 0.6) is 0 Å². The molecule has 1 aromatic carbocycles. The van der Waals surface area contributed by atoms with Gasteiger partial charge in [-0.3, -0.25) is 0 Å². The lowest BCUT2D eigenvalue weighted by Crippen LogP contribution is -2.68. The number of fused-ring (bicyclic) bond motifs is 1. The van der Waals surface area contributed by atoms with Crippen molar-refractivity contribution in [1.29, 1.82) is 0 Å². The molecule has 0 aliphatic heterocycles. The Morgan fingerprint density at radius 2 is 1.67 bits per heavy atom. The van der Waals surface area contributed by atoms with Gasteiger partial charge < -0.3 is 5.73 Å².